The van der Waals surface area contributed by atoms with Gasteiger partial charge in [-0.3, -0.25) is 4.79 Å². The molecule has 0 aromatic heterocycles. The Morgan fingerprint density at radius 1 is 1.03 bits per heavy atom. The maximum Gasteiger partial charge on any atom is 0.203 e. The van der Waals surface area contributed by atoms with Crippen molar-refractivity contribution in [3.8, 4) is 28.4 Å². The SMILES string of the molecule is CN[C@H]1CCc2cc(OC)c(OC)c(OC)c2-c2ccc(N(C)CC(OC)OC)c(=O)cc21. The first-order valence-corrected chi connectivity index (χ1v) is 10.9. The van der Waals surface area contributed by atoms with Crippen molar-refractivity contribution in [1.29, 1.82) is 0 Å². The highest BCUT2D eigenvalue weighted by molar-refractivity contribution is 5.83. The molecule has 0 spiro atoms. The van der Waals surface area contributed by atoms with Crippen LogP contribution in [0.15, 0.2) is 29.1 Å². The van der Waals surface area contributed by atoms with E-state index < -0.39 is 6.29 Å². The van der Waals surface area contributed by atoms with Gasteiger partial charge in [0.05, 0.1) is 33.6 Å². The normalized spacial score (nSPS) is 14.8. The van der Waals surface area contributed by atoms with E-state index in [2.05, 4.69) is 5.32 Å². The summed E-state index contributed by atoms with van der Waals surface area (Å²) in [6.07, 6.45) is 1.17. The Morgan fingerprint density at radius 3 is 2.30 bits per heavy atom. The van der Waals surface area contributed by atoms with Crippen molar-refractivity contribution in [1.82, 2.24) is 5.32 Å². The van der Waals surface area contributed by atoms with Crippen molar-refractivity contribution in [3.63, 3.8) is 0 Å². The van der Waals surface area contributed by atoms with Crippen LogP contribution in [0.2, 0.25) is 0 Å². The minimum absolute atomic E-state index is 0.00180. The molecule has 8 nitrogen and oxygen atoms in total. The first-order chi connectivity index (χ1) is 15.9. The average molecular weight is 459 g/mol. The van der Waals surface area contributed by atoms with Crippen LogP contribution in [-0.4, -0.2) is 62.5 Å². The molecule has 0 bridgehead atoms. The van der Waals surface area contributed by atoms with Gasteiger partial charge >= 0.3 is 0 Å². The number of hydrogen-bond acceptors (Lipinski definition) is 8. The van der Waals surface area contributed by atoms with Crippen molar-refractivity contribution in [2.24, 2.45) is 0 Å². The van der Waals surface area contributed by atoms with Crippen LogP contribution < -0.4 is 29.9 Å². The van der Waals surface area contributed by atoms with Crippen molar-refractivity contribution in [2.45, 2.75) is 25.2 Å². The number of ether oxygens (including phenoxy) is 5. The number of hydrogen-bond donors (Lipinski definition) is 1. The Morgan fingerprint density at radius 2 is 1.73 bits per heavy atom. The molecule has 1 aliphatic carbocycles. The fourth-order valence-electron chi connectivity index (χ4n) is 4.49. The molecule has 1 atom stereocenters. The fraction of sp³-hybridized carbons (Fsp3) is 0.480. The summed E-state index contributed by atoms with van der Waals surface area (Å²) in [6, 6.07) is 7.56. The summed E-state index contributed by atoms with van der Waals surface area (Å²) in [6.45, 7) is 0.414. The highest BCUT2D eigenvalue weighted by Crippen LogP contribution is 2.50. The lowest BCUT2D eigenvalue weighted by molar-refractivity contribution is -0.0944. The Hall–Kier alpha value is -2.81. The molecule has 0 fully saturated rings. The van der Waals surface area contributed by atoms with E-state index in [1.807, 2.05) is 37.2 Å². The molecule has 2 aromatic rings. The van der Waals surface area contributed by atoms with Gasteiger partial charge in [-0.05, 0) is 54.8 Å². The molecule has 0 radical (unpaired) electrons. The van der Waals surface area contributed by atoms with Gasteiger partial charge in [0.2, 0.25) is 11.2 Å². The largest absolute Gasteiger partial charge is 0.493 e. The smallest absolute Gasteiger partial charge is 0.203 e. The maximum atomic E-state index is 13.3. The average Bonchev–Trinajstić information content (AvgIpc) is 3.08. The van der Waals surface area contributed by atoms with E-state index in [0.29, 0.717) is 29.5 Å². The zero-order valence-corrected chi connectivity index (χ0v) is 20.5. The summed E-state index contributed by atoms with van der Waals surface area (Å²) in [5.41, 5.74) is 4.31. The van der Waals surface area contributed by atoms with Crippen LogP contribution in [0.4, 0.5) is 5.69 Å². The third-order valence-corrected chi connectivity index (χ3v) is 6.23. The van der Waals surface area contributed by atoms with E-state index in [4.69, 9.17) is 23.7 Å². The third-order valence-electron chi connectivity index (χ3n) is 6.23. The third kappa shape index (κ3) is 4.78. The van der Waals surface area contributed by atoms with Crippen LogP contribution >= 0.6 is 0 Å². The molecule has 0 saturated heterocycles. The lowest BCUT2D eigenvalue weighted by atomic mass is 9.95. The summed E-state index contributed by atoms with van der Waals surface area (Å²) in [7, 11) is 11.8. The molecular weight excluding hydrogens is 424 g/mol. The van der Waals surface area contributed by atoms with Gasteiger partial charge in [0.25, 0.3) is 0 Å². The van der Waals surface area contributed by atoms with E-state index in [1.54, 1.807) is 41.6 Å². The molecule has 8 heteroatoms. The number of aryl methyl sites for hydroxylation is 1. The molecule has 0 saturated carbocycles. The van der Waals surface area contributed by atoms with Crippen molar-refractivity contribution < 1.29 is 23.7 Å². The predicted octanol–water partition coefficient (Wildman–Crippen LogP) is 3.00. The van der Waals surface area contributed by atoms with E-state index in [1.165, 1.54) is 0 Å². The molecule has 1 N–H and O–H groups in total. The second-order valence-electron chi connectivity index (χ2n) is 7.94. The van der Waals surface area contributed by atoms with Gasteiger partial charge in [0.15, 0.2) is 17.8 Å². The quantitative estimate of drug-likeness (QED) is 0.575. The van der Waals surface area contributed by atoms with Crippen molar-refractivity contribution in [3.05, 3.63) is 45.6 Å². The van der Waals surface area contributed by atoms with Crippen LogP contribution in [0.3, 0.4) is 0 Å². The number of benzene rings is 1. The summed E-state index contributed by atoms with van der Waals surface area (Å²) < 4.78 is 27.7. The van der Waals surface area contributed by atoms with Gasteiger partial charge in [-0.2, -0.15) is 0 Å². The maximum absolute atomic E-state index is 13.3. The zero-order valence-electron chi connectivity index (χ0n) is 20.5. The molecule has 180 valence electrons. The summed E-state index contributed by atoms with van der Waals surface area (Å²) in [5, 5.41) is 3.37. The Balaban J connectivity index is 2.28. The van der Waals surface area contributed by atoms with Gasteiger partial charge in [-0.1, -0.05) is 6.07 Å². The Bertz CT molecular complexity index is 1040. The molecule has 0 unspecified atom stereocenters. The topological polar surface area (TPSA) is 78.5 Å². The lowest BCUT2D eigenvalue weighted by Crippen LogP contribution is -2.33. The summed E-state index contributed by atoms with van der Waals surface area (Å²) in [5.74, 6) is 1.74. The van der Waals surface area contributed by atoms with Crippen LogP contribution in [0.5, 0.6) is 17.2 Å². The van der Waals surface area contributed by atoms with Crippen LogP contribution in [0, 0.1) is 0 Å². The van der Waals surface area contributed by atoms with E-state index in [0.717, 1.165) is 35.1 Å². The van der Waals surface area contributed by atoms with E-state index >= 15 is 0 Å². The Labute approximate surface area is 195 Å². The van der Waals surface area contributed by atoms with E-state index in [9.17, 15) is 4.79 Å². The number of fused-ring (bicyclic) bond motifs is 3. The second-order valence-corrected chi connectivity index (χ2v) is 7.94. The van der Waals surface area contributed by atoms with Crippen molar-refractivity contribution >= 4 is 5.69 Å². The standard InChI is InChI=1S/C25H34N2O6/c1-26-18-10-8-15-12-21(29-3)24(32-6)25(33-7)23(15)16-9-11-19(20(28)13-17(16)18)27(2)14-22(30-4)31-5/h9,11-13,18,22,26H,8,10,14H2,1-7H3/t18-/m0/s1. The molecule has 0 heterocycles. The first-order valence-electron chi connectivity index (χ1n) is 10.9. The van der Waals surface area contributed by atoms with Crippen LogP contribution in [-0.2, 0) is 15.9 Å². The number of rotatable bonds is 9. The second kappa shape index (κ2) is 10.9. The molecule has 0 amide bonds. The molecular formula is C25H34N2O6. The minimum Gasteiger partial charge on any atom is -0.493 e. The zero-order chi connectivity index (χ0) is 24.1. The minimum atomic E-state index is -0.444. The van der Waals surface area contributed by atoms with E-state index in [-0.39, 0.29) is 11.5 Å². The Kier molecular flexibility index (Phi) is 8.18. The monoisotopic (exact) mass is 458 g/mol. The number of nitrogens with zero attached hydrogens (tertiary/aromatic N) is 1. The summed E-state index contributed by atoms with van der Waals surface area (Å²) >= 11 is 0. The fourth-order valence-corrected chi connectivity index (χ4v) is 4.49. The highest BCUT2D eigenvalue weighted by Gasteiger charge is 2.28. The predicted molar refractivity (Wildman–Crippen MR) is 129 cm³/mol. The van der Waals surface area contributed by atoms with Crippen molar-refractivity contribution in [2.75, 3.05) is 61.1 Å². The molecule has 2 aromatic carbocycles. The number of nitrogens with one attached hydrogen (secondary N) is 1. The molecule has 1 aliphatic rings. The lowest BCUT2D eigenvalue weighted by Gasteiger charge is -2.22. The van der Waals surface area contributed by atoms with Gasteiger partial charge in [-0.25, -0.2) is 0 Å². The molecule has 3 rings (SSSR count). The number of likely N-dealkylation sites (N-methyl/N-ethyl adjacent to an activating group) is 1. The first kappa shape index (κ1) is 24.8. The van der Waals surface area contributed by atoms with Gasteiger partial charge < -0.3 is 33.9 Å². The highest BCUT2D eigenvalue weighted by atomic mass is 16.7. The van der Waals surface area contributed by atoms with Gasteiger partial charge in [-0.15, -0.1) is 0 Å². The number of anilines is 1. The number of methoxy groups -OCH3 is 5. The molecule has 0 aliphatic heterocycles. The van der Waals surface area contributed by atoms with Gasteiger partial charge in [0, 0.05) is 32.9 Å². The van der Waals surface area contributed by atoms with Gasteiger partial charge in [0.1, 0.15) is 0 Å². The van der Waals surface area contributed by atoms with Crippen LogP contribution in [0.1, 0.15) is 23.6 Å². The molecule has 33 heavy (non-hydrogen) atoms. The van der Waals surface area contributed by atoms with Crippen LogP contribution in [0.25, 0.3) is 11.1 Å². The summed E-state index contributed by atoms with van der Waals surface area (Å²) in [4.78, 5) is 15.2.